The van der Waals surface area contributed by atoms with Gasteiger partial charge in [-0.15, -0.1) is 11.8 Å². The third kappa shape index (κ3) is 8.96. The van der Waals surface area contributed by atoms with Gasteiger partial charge in [0.05, 0.1) is 0 Å². The molecule has 3 N–H and O–H groups in total. The van der Waals surface area contributed by atoms with Crippen LogP contribution in [-0.2, 0) is 33.5 Å². The Balaban J connectivity index is 1.26. The van der Waals surface area contributed by atoms with Crippen LogP contribution in [0.25, 0.3) is 6.08 Å². The number of aromatic nitrogens is 3. The van der Waals surface area contributed by atoms with Crippen LogP contribution in [0.5, 0.6) is 0 Å². The Bertz CT molecular complexity index is 2030. The monoisotopic (exact) mass is 753 g/mol. The number of amides is 2. The minimum atomic E-state index is -1.06. The van der Waals surface area contributed by atoms with Crippen molar-refractivity contribution in [1.29, 1.82) is 0 Å². The molecule has 2 amide bonds. The second-order valence-corrected chi connectivity index (χ2v) is 14.6. The summed E-state index contributed by atoms with van der Waals surface area (Å²) in [7, 11) is 0. The molecule has 1 unspecified atom stereocenters. The molecule has 53 heavy (non-hydrogen) atoms. The number of carbonyl (C=O) groups is 4. The average Bonchev–Trinajstić information content (AvgIpc) is 3.58. The van der Waals surface area contributed by atoms with Crippen molar-refractivity contribution in [2.24, 2.45) is 5.16 Å². The SMILES string of the molecule is CC(C)(C)OC(=O)CON=C(C(=O)NC1C(=O)N2C(C(=O)OC(c3ccccc3)c3ccccc3)=C(C=Cc3cccnc3)CS[C@H]12)c1nsc(N)n1. The smallest absolute Gasteiger partial charge is 0.356 e. The van der Waals surface area contributed by atoms with Crippen LogP contribution in [0.4, 0.5) is 5.13 Å². The van der Waals surface area contributed by atoms with E-state index in [9.17, 15) is 19.2 Å². The van der Waals surface area contributed by atoms with Crippen LogP contribution in [0.3, 0.4) is 0 Å². The Hall–Kier alpha value is -5.87. The Kier molecular flexibility index (Phi) is 11.3. The number of nitrogens with one attached hydrogen (secondary N) is 1. The van der Waals surface area contributed by atoms with Gasteiger partial charge in [-0.1, -0.05) is 84.0 Å². The number of nitrogens with zero attached hydrogens (tertiary/aromatic N) is 5. The van der Waals surface area contributed by atoms with E-state index in [0.29, 0.717) is 11.3 Å². The number of β-lactam (4-membered cyclic amide) rings is 1. The van der Waals surface area contributed by atoms with Crippen molar-refractivity contribution >= 4 is 64.0 Å². The van der Waals surface area contributed by atoms with Gasteiger partial charge in [0.1, 0.15) is 22.7 Å². The minimum absolute atomic E-state index is 0.0600. The standard InChI is InChI=1S/C37H35N7O7S2/c1-37(2,3)51-26(45)20-49-42-27(31-41-36(38)53-43-31)32(46)40-28-33(47)44-29(25(21-52-34(28)44)17-16-22-11-10-18-39-19-22)35(48)50-30(23-12-6-4-7-13-23)24-14-8-5-9-15-24/h4-19,28,30,34H,20-21H2,1-3H3,(H,40,46)(H2,38,41,43)/t28?,34-/m1/s1. The maximum Gasteiger partial charge on any atom is 0.356 e. The van der Waals surface area contributed by atoms with Crippen LogP contribution >= 0.6 is 23.3 Å². The molecule has 1 saturated heterocycles. The highest BCUT2D eigenvalue weighted by Gasteiger charge is 2.55. The topological polar surface area (TPSA) is 188 Å². The molecule has 4 heterocycles. The average molecular weight is 754 g/mol. The Morgan fingerprint density at radius 3 is 2.34 bits per heavy atom. The van der Waals surface area contributed by atoms with Gasteiger partial charge in [0, 0.05) is 29.7 Å². The molecule has 2 aliphatic rings. The summed E-state index contributed by atoms with van der Waals surface area (Å²) in [6.07, 6.45) is 6.14. The number of rotatable bonds is 12. The summed E-state index contributed by atoms with van der Waals surface area (Å²) in [6, 6.07) is 21.2. The van der Waals surface area contributed by atoms with E-state index in [1.807, 2.05) is 66.7 Å². The number of allylic oxidation sites excluding steroid dienone is 1. The molecule has 0 bridgehead atoms. The Labute approximate surface area is 313 Å². The first kappa shape index (κ1) is 36.9. The number of esters is 2. The molecular weight excluding hydrogens is 719 g/mol. The van der Waals surface area contributed by atoms with Crippen molar-refractivity contribution in [2.75, 3.05) is 18.1 Å². The minimum Gasteiger partial charge on any atom is -0.457 e. The molecule has 1 fully saturated rings. The maximum atomic E-state index is 14.3. The van der Waals surface area contributed by atoms with Crippen molar-refractivity contribution in [3.63, 3.8) is 0 Å². The lowest BCUT2D eigenvalue weighted by Crippen LogP contribution is -2.71. The highest BCUT2D eigenvalue weighted by Crippen LogP contribution is 2.42. The van der Waals surface area contributed by atoms with E-state index >= 15 is 0 Å². The van der Waals surface area contributed by atoms with Gasteiger partial charge in [-0.2, -0.15) is 9.36 Å². The van der Waals surface area contributed by atoms with E-state index in [1.165, 1.54) is 16.7 Å². The fourth-order valence-corrected chi connectivity index (χ4v) is 7.18. The van der Waals surface area contributed by atoms with Gasteiger partial charge in [-0.3, -0.25) is 19.5 Å². The first-order chi connectivity index (χ1) is 25.5. The number of oxime groups is 1. The molecule has 14 nitrogen and oxygen atoms in total. The number of carbonyl (C=O) groups excluding carboxylic acids is 4. The number of hydrogen-bond donors (Lipinski definition) is 2. The number of anilines is 1. The molecule has 2 atom stereocenters. The van der Waals surface area contributed by atoms with Crippen LogP contribution in [0, 0.1) is 0 Å². The number of thioether (sulfide) groups is 1. The van der Waals surface area contributed by atoms with Gasteiger partial charge in [0.15, 0.2) is 11.2 Å². The van der Waals surface area contributed by atoms with Crippen LogP contribution in [0.1, 0.15) is 49.4 Å². The molecule has 0 spiro atoms. The maximum absolute atomic E-state index is 14.3. The van der Waals surface area contributed by atoms with Gasteiger partial charge in [0.25, 0.3) is 11.8 Å². The lowest BCUT2D eigenvalue weighted by molar-refractivity contribution is -0.160. The van der Waals surface area contributed by atoms with E-state index in [2.05, 4.69) is 24.8 Å². The van der Waals surface area contributed by atoms with Crippen LogP contribution in [0.15, 0.2) is 108 Å². The van der Waals surface area contributed by atoms with Crippen molar-refractivity contribution < 1.29 is 33.5 Å². The Morgan fingerprint density at radius 1 is 1.04 bits per heavy atom. The summed E-state index contributed by atoms with van der Waals surface area (Å²) < 4.78 is 15.5. The second kappa shape index (κ2) is 16.2. The zero-order valence-corrected chi connectivity index (χ0v) is 30.5. The summed E-state index contributed by atoms with van der Waals surface area (Å²) in [5, 5.41) is 5.88. The predicted octanol–water partition coefficient (Wildman–Crippen LogP) is 4.28. The van der Waals surface area contributed by atoms with E-state index < -0.39 is 59.2 Å². The highest BCUT2D eigenvalue weighted by atomic mass is 32.2. The van der Waals surface area contributed by atoms with Crippen LogP contribution in [0.2, 0.25) is 0 Å². The zero-order chi connectivity index (χ0) is 37.5. The number of nitrogen functional groups attached to an aromatic ring is 1. The zero-order valence-electron chi connectivity index (χ0n) is 28.9. The summed E-state index contributed by atoms with van der Waals surface area (Å²) in [5.41, 5.74) is 7.50. The molecule has 6 rings (SSSR count). The van der Waals surface area contributed by atoms with E-state index in [1.54, 1.807) is 51.4 Å². The molecule has 2 aliphatic heterocycles. The van der Waals surface area contributed by atoms with Crippen molar-refractivity contribution in [1.82, 2.24) is 24.6 Å². The third-order valence-corrected chi connectivity index (χ3v) is 9.54. The number of fused-ring (bicyclic) bond motifs is 1. The molecular formula is C37H35N7O7S2. The summed E-state index contributed by atoms with van der Waals surface area (Å²) >= 11 is 2.18. The highest BCUT2D eigenvalue weighted by molar-refractivity contribution is 8.00. The predicted molar refractivity (Wildman–Crippen MR) is 199 cm³/mol. The van der Waals surface area contributed by atoms with Gasteiger partial charge >= 0.3 is 11.9 Å². The first-order valence-corrected chi connectivity index (χ1v) is 18.2. The van der Waals surface area contributed by atoms with Gasteiger partial charge in [-0.05, 0) is 49.1 Å². The van der Waals surface area contributed by atoms with Crippen LogP contribution < -0.4 is 11.1 Å². The Morgan fingerprint density at radius 2 is 1.74 bits per heavy atom. The summed E-state index contributed by atoms with van der Waals surface area (Å²) in [6.45, 7) is 4.49. The lowest BCUT2D eigenvalue weighted by Gasteiger charge is -2.49. The fraction of sp³-hybridized carbons (Fsp3) is 0.243. The largest absolute Gasteiger partial charge is 0.457 e. The summed E-state index contributed by atoms with van der Waals surface area (Å²) in [4.78, 5) is 68.7. The quantitative estimate of drug-likeness (QED) is 0.0906. The van der Waals surface area contributed by atoms with E-state index in [4.69, 9.17) is 20.0 Å². The number of hydrogen-bond acceptors (Lipinski definition) is 14. The number of ether oxygens (including phenoxy) is 2. The second-order valence-electron chi connectivity index (χ2n) is 12.7. The third-order valence-electron chi connectivity index (χ3n) is 7.70. The van der Waals surface area contributed by atoms with Crippen LogP contribution in [-0.4, -0.2) is 78.1 Å². The number of nitrogens with two attached hydrogens (primary N) is 1. The van der Waals surface area contributed by atoms with Crippen molar-refractivity contribution in [3.05, 3.63) is 125 Å². The van der Waals surface area contributed by atoms with Crippen molar-refractivity contribution in [3.8, 4) is 0 Å². The summed E-state index contributed by atoms with van der Waals surface area (Å²) in [5.74, 6) is -2.67. The lowest BCUT2D eigenvalue weighted by atomic mass is 10.00. The molecule has 0 radical (unpaired) electrons. The van der Waals surface area contributed by atoms with Gasteiger partial charge < -0.3 is 25.4 Å². The molecule has 16 heteroatoms. The molecule has 2 aromatic carbocycles. The molecule has 4 aromatic rings. The number of benzene rings is 2. The molecule has 0 saturated carbocycles. The van der Waals surface area contributed by atoms with Crippen molar-refractivity contribution in [2.45, 2.75) is 43.9 Å². The van der Waals surface area contributed by atoms with E-state index in [-0.39, 0.29) is 16.7 Å². The molecule has 2 aromatic heterocycles. The van der Waals surface area contributed by atoms with E-state index in [0.717, 1.165) is 28.2 Å². The number of pyridine rings is 1. The molecule has 0 aliphatic carbocycles. The normalized spacial score (nSPS) is 17.3. The first-order valence-electron chi connectivity index (χ1n) is 16.4. The fourth-order valence-electron chi connectivity index (χ4n) is 5.42. The van der Waals surface area contributed by atoms with Gasteiger partial charge in [0.2, 0.25) is 18.1 Å². The van der Waals surface area contributed by atoms with Gasteiger partial charge in [-0.25, -0.2) is 9.59 Å². The molecule has 272 valence electrons.